The zero-order chi connectivity index (χ0) is 8.91. The molecule has 0 aromatic rings. The third kappa shape index (κ3) is 4.92. The monoisotopic (exact) mass is 177 g/mol. The molecule has 0 spiro atoms. The van der Waals surface area contributed by atoms with Crippen molar-refractivity contribution < 1.29 is 5.21 Å². The number of rotatable bonds is 3. The molecule has 0 heterocycles. The summed E-state index contributed by atoms with van der Waals surface area (Å²) in [7, 11) is 0. The van der Waals surface area contributed by atoms with Crippen LogP contribution in [0.2, 0.25) is 0 Å². The number of hydrogen-bond donors (Lipinski definition) is 3. The van der Waals surface area contributed by atoms with E-state index in [4.69, 9.17) is 10.9 Å². The van der Waals surface area contributed by atoms with Gasteiger partial charge >= 0.3 is 0 Å². The van der Waals surface area contributed by atoms with Gasteiger partial charge in [-0.15, -0.1) is 0 Å². The Balaban J connectivity index is 3.86. The van der Waals surface area contributed by atoms with Crippen molar-refractivity contribution in [3.8, 4) is 0 Å². The Bertz CT molecular complexity index is 147. The van der Waals surface area contributed by atoms with Gasteiger partial charge in [0.15, 0.2) is 0 Å². The molecule has 0 aromatic heterocycles. The van der Waals surface area contributed by atoms with E-state index < -0.39 is 0 Å². The second-order valence-corrected chi connectivity index (χ2v) is 4.29. The van der Waals surface area contributed by atoms with Gasteiger partial charge in [-0.25, -0.2) is 5.48 Å². The van der Waals surface area contributed by atoms with E-state index in [1.54, 1.807) is 17.2 Å². The number of hydroxylamine groups is 1. The molecule has 0 saturated heterocycles. The normalized spacial score (nSPS) is 13.3. The molecule has 0 aliphatic rings. The van der Waals surface area contributed by atoms with E-state index in [1.165, 1.54) is 0 Å². The summed E-state index contributed by atoms with van der Waals surface area (Å²) in [6, 6.07) is 0. The maximum Gasteiger partial charge on any atom is 0.212 e. The molecule has 4 N–H and O–H groups in total. The van der Waals surface area contributed by atoms with Crippen molar-refractivity contribution >= 4 is 17.7 Å². The van der Waals surface area contributed by atoms with Crippen molar-refractivity contribution in [1.29, 1.82) is 0 Å². The van der Waals surface area contributed by atoms with Crippen LogP contribution in [0, 0.1) is 0 Å². The molecule has 0 rings (SSSR count). The molecule has 0 radical (unpaired) electrons. The Kier molecular flexibility index (Phi) is 4.29. The van der Waals surface area contributed by atoms with Gasteiger partial charge in [0.05, 0.1) is 6.54 Å². The zero-order valence-corrected chi connectivity index (χ0v) is 7.90. The van der Waals surface area contributed by atoms with E-state index in [0.717, 1.165) is 0 Å². The average molecular weight is 177 g/mol. The summed E-state index contributed by atoms with van der Waals surface area (Å²) in [5, 5.41) is 8.29. The molecule has 0 bridgehead atoms. The molecule has 66 valence electrons. The lowest BCUT2D eigenvalue weighted by Gasteiger charge is -2.18. The van der Waals surface area contributed by atoms with Gasteiger partial charge in [-0.2, -0.15) is 11.8 Å². The van der Waals surface area contributed by atoms with E-state index in [0.29, 0.717) is 6.54 Å². The lowest BCUT2D eigenvalue weighted by atomic mass is 10.2. The Morgan fingerprint density at radius 2 is 2.27 bits per heavy atom. The van der Waals surface area contributed by atoms with Crippen LogP contribution in [0.25, 0.3) is 0 Å². The maximum absolute atomic E-state index is 8.29. The number of thioether (sulfide) groups is 1. The summed E-state index contributed by atoms with van der Waals surface area (Å²) in [6.45, 7) is 4.71. The van der Waals surface area contributed by atoms with Crippen molar-refractivity contribution in [2.45, 2.75) is 18.6 Å². The average Bonchev–Trinajstić information content (AvgIpc) is 2.00. The maximum atomic E-state index is 8.29. The molecule has 5 heteroatoms. The van der Waals surface area contributed by atoms with Gasteiger partial charge in [0.2, 0.25) is 5.96 Å². The molecule has 0 fully saturated rings. The van der Waals surface area contributed by atoms with E-state index >= 15 is 0 Å². The zero-order valence-electron chi connectivity index (χ0n) is 7.09. The van der Waals surface area contributed by atoms with Crippen molar-refractivity contribution in [2.75, 3.05) is 12.8 Å². The molecule has 0 aliphatic heterocycles. The number of nitrogens with one attached hydrogen (secondary N) is 1. The van der Waals surface area contributed by atoms with Crippen LogP contribution in [0.1, 0.15) is 13.8 Å². The number of nitrogens with zero attached hydrogens (tertiary/aromatic N) is 1. The summed E-state index contributed by atoms with van der Waals surface area (Å²) in [4.78, 5) is 3.90. The van der Waals surface area contributed by atoms with Crippen molar-refractivity contribution in [2.24, 2.45) is 10.7 Å². The Morgan fingerprint density at radius 1 is 1.73 bits per heavy atom. The number of nitrogens with two attached hydrogens (primary N) is 1. The van der Waals surface area contributed by atoms with Crippen LogP contribution in [0.4, 0.5) is 0 Å². The van der Waals surface area contributed by atoms with E-state index in [1.807, 2.05) is 6.26 Å². The highest BCUT2D eigenvalue weighted by molar-refractivity contribution is 7.99. The number of aliphatic imine (C=N–C) groups is 1. The largest absolute Gasteiger partial charge is 0.368 e. The molecule has 0 aliphatic carbocycles. The third-order valence-corrected chi connectivity index (χ3v) is 2.53. The van der Waals surface area contributed by atoms with Gasteiger partial charge in [-0.05, 0) is 20.1 Å². The quantitative estimate of drug-likeness (QED) is 0.332. The van der Waals surface area contributed by atoms with Crippen LogP contribution in [0.15, 0.2) is 4.99 Å². The molecule has 4 nitrogen and oxygen atoms in total. The summed E-state index contributed by atoms with van der Waals surface area (Å²) in [5.74, 6) is 0.0622. The predicted molar refractivity (Wildman–Crippen MR) is 49.0 cm³/mol. The highest BCUT2D eigenvalue weighted by Crippen LogP contribution is 2.20. The first-order valence-electron chi connectivity index (χ1n) is 3.27. The summed E-state index contributed by atoms with van der Waals surface area (Å²) in [6.07, 6.45) is 2.01. The van der Waals surface area contributed by atoms with Gasteiger partial charge in [0, 0.05) is 4.75 Å². The fourth-order valence-corrected chi connectivity index (χ4v) is 0.569. The smallest absolute Gasteiger partial charge is 0.212 e. The lowest BCUT2D eigenvalue weighted by molar-refractivity contribution is 0.232. The van der Waals surface area contributed by atoms with Crippen LogP contribution in [0.5, 0.6) is 0 Å². The van der Waals surface area contributed by atoms with Crippen LogP contribution >= 0.6 is 11.8 Å². The van der Waals surface area contributed by atoms with Crippen LogP contribution in [-0.4, -0.2) is 28.7 Å². The first-order chi connectivity index (χ1) is 5.02. The highest BCUT2D eigenvalue weighted by atomic mass is 32.2. The standard InChI is InChI=1S/C6H15N3OS/c1-6(2,11-3)4-8-5(7)9-10/h10H,4H2,1-3H3,(H3,7,8,9). The van der Waals surface area contributed by atoms with Crippen LogP contribution < -0.4 is 11.2 Å². The minimum atomic E-state index is 0.0622. The van der Waals surface area contributed by atoms with Crippen LogP contribution in [0.3, 0.4) is 0 Å². The minimum absolute atomic E-state index is 0.0622. The summed E-state index contributed by atoms with van der Waals surface area (Å²) >= 11 is 1.71. The molecule has 0 saturated carbocycles. The molecule has 0 amide bonds. The van der Waals surface area contributed by atoms with Crippen molar-refractivity contribution in [3.05, 3.63) is 0 Å². The number of guanidine groups is 1. The predicted octanol–water partition coefficient (Wildman–Crippen LogP) is 0.421. The number of hydrogen-bond acceptors (Lipinski definition) is 3. The third-order valence-electron chi connectivity index (χ3n) is 1.30. The first kappa shape index (κ1) is 10.6. The lowest BCUT2D eigenvalue weighted by Crippen LogP contribution is -2.31. The van der Waals surface area contributed by atoms with Gasteiger partial charge in [0.25, 0.3) is 0 Å². The minimum Gasteiger partial charge on any atom is -0.368 e. The molecule has 11 heavy (non-hydrogen) atoms. The summed E-state index contributed by atoms with van der Waals surface area (Å²) < 4.78 is 0.0709. The van der Waals surface area contributed by atoms with Crippen molar-refractivity contribution in [3.63, 3.8) is 0 Å². The topological polar surface area (TPSA) is 70.6 Å². The second kappa shape index (κ2) is 4.46. The van der Waals surface area contributed by atoms with Crippen molar-refractivity contribution in [1.82, 2.24) is 5.48 Å². The van der Waals surface area contributed by atoms with Crippen LogP contribution in [-0.2, 0) is 0 Å². The Labute approximate surface area is 71.2 Å². The van der Waals surface area contributed by atoms with E-state index in [2.05, 4.69) is 18.8 Å². The molecular formula is C6H15N3OS. The van der Waals surface area contributed by atoms with Gasteiger partial charge in [-0.1, -0.05) is 0 Å². The molecule has 0 aromatic carbocycles. The fourth-order valence-electron chi connectivity index (χ4n) is 0.375. The molecule has 0 unspecified atom stereocenters. The SMILES string of the molecule is CSC(C)(C)CN=C(N)NO. The van der Waals surface area contributed by atoms with E-state index in [9.17, 15) is 0 Å². The fraction of sp³-hybridized carbons (Fsp3) is 0.833. The first-order valence-corrected chi connectivity index (χ1v) is 4.49. The van der Waals surface area contributed by atoms with Gasteiger partial charge < -0.3 is 5.73 Å². The van der Waals surface area contributed by atoms with E-state index in [-0.39, 0.29) is 10.7 Å². The Morgan fingerprint density at radius 3 is 2.64 bits per heavy atom. The van der Waals surface area contributed by atoms with Gasteiger partial charge in [0.1, 0.15) is 0 Å². The summed E-state index contributed by atoms with van der Waals surface area (Å²) in [5.41, 5.74) is 6.99. The highest BCUT2D eigenvalue weighted by Gasteiger charge is 2.14. The van der Waals surface area contributed by atoms with Gasteiger partial charge in [-0.3, -0.25) is 10.2 Å². The molecule has 0 atom stereocenters. The second-order valence-electron chi connectivity index (χ2n) is 2.78. The molecular weight excluding hydrogens is 162 g/mol. The Hall–Kier alpha value is -0.420.